The van der Waals surface area contributed by atoms with Crippen LogP contribution in [0.1, 0.15) is 6.92 Å². The van der Waals surface area contributed by atoms with Crippen molar-refractivity contribution >= 4 is 59.2 Å². The average Bonchev–Trinajstić information content (AvgIpc) is 2.55. The second-order valence-electron chi connectivity index (χ2n) is 4.79. The first-order chi connectivity index (χ1) is 11.1. The number of nitro groups is 1. The number of halogens is 2. The summed E-state index contributed by atoms with van der Waals surface area (Å²) in [5, 5.41) is 14.3. The zero-order valence-corrected chi connectivity index (χ0v) is 16.0. The van der Waals surface area contributed by atoms with Gasteiger partial charge in [0.15, 0.2) is 5.78 Å². The van der Waals surface area contributed by atoms with E-state index in [0.29, 0.717) is 5.57 Å². The minimum atomic E-state index is -4.33. The van der Waals surface area contributed by atoms with Crippen LogP contribution in [0.4, 0.5) is 5.69 Å². The number of oxime groups is 1. The molecule has 2 atom stereocenters. The highest BCUT2D eigenvalue weighted by molar-refractivity contribution is 9.12. The smallest absolute Gasteiger partial charge is 0.293 e. The predicted molar refractivity (Wildman–Crippen MR) is 93.0 cm³/mol. The van der Waals surface area contributed by atoms with Crippen molar-refractivity contribution in [3.05, 3.63) is 46.0 Å². The molecule has 0 radical (unpaired) electrons. The third-order valence-electron chi connectivity index (χ3n) is 3.10. The molecular formula is C13H10Br2N2O6S. The number of nitrogens with zero attached hydrogens (tertiary/aromatic N) is 2. The molecule has 1 aliphatic rings. The molecule has 0 amide bonds. The molecule has 0 saturated heterocycles. The third kappa shape index (κ3) is 3.90. The molecule has 8 nitrogen and oxygen atoms in total. The van der Waals surface area contributed by atoms with Gasteiger partial charge in [0.05, 0.1) is 20.3 Å². The molecule has 0 saturated carbocycles. The summed E-state index contributed by atoms with van der Waals surface area (Å²) in [6, 6.07) is 4.42. The van der Waals surface area contributed by atoms with E-state index in [4.69, 9.17) is 0 Å². The molecule has 2 unspecified atom stereocenters. The number of allylic oxidation sites excluding steroid dienone is 2. The number of ketones is 1. The molecule has 128 valence electrons. The van der Waals surface area contributed by atoms with Gasteiger partial charge in [-0.2, -0.15) is 8.42 Å². The SMILES string of the molecule is CC1=C/C(=N\OS(=O)(=O)c2cccc([N+](=O)[O-])c2)C(Br)C(Br)C1=O. The van der Waals surface area contributed by atoms with E-state index in [9.17, 15) is 23.3 Å². The van der Waals surface area contributed by atoms with Crippen molar-refractivity contribution in [3.63, 3.8) is 0 Å². The largest absolute Gasteiger partial charge is 0.358 e. The van der Waals surface area contributed by atoms with Gasteiger partial charge >= 0.3 is 10.1 Å². The van der Waals surface area contributed by atoms with Gasteiger partial charge in [-0.3, -0.25) is 19.2 Å². The van der Waals surface area contributed by atoms with Gasteiger partial charge in [-0.05, 0) is 24.6 Å². The van der Waals surface area contributed by atoms with Crippen LogP contribution < -0.4 is 0 Å². The monoisotopic (exact) mass is 480 g/mol. The first-order valence-electron chi connectivity index (χ1n) is 6.40. The molecule has 0 fully saturated rings. The summed E-state index contributed by atoms with van der Waals surface area (Å²) in [5.41, 5.74) is 0.205. The molecule has 0 heterocycles. The number of Topliss-reactive ketones (excluding diaryl/α,β-unsaturated/α-hetero) is 1. The van der Waals surface area contributed by atoms with Crippen LogP contribution >= 0.6 is 31.9 Å². The Morgan fingerprint density at radius 2 is 1.96 bits per heavy atom. The van der Waals surface area contributed by atoms with Crippen LogP contribution in [0.3, 0.4) is 0 Å². The zero-order valence-electron chi connectivity index (χ0n) is 12.0. The van der Waals surface area contributed by atoms with Crippen LogP contribution in [0.25, 0.3) is 0 Å². The number of alkyl halides is 2. The summed E-state index contributed by atoms with van der Waals surface area (Å²) in [4.78, 5) is 20.2. The van der Waals surface area contributed by atoms with E-state index in [2.05, 4.69) is 41.3 Å². The summed E-state index contributed by atoms with van der Waals surface area (Å²) in [6.07, 6.45) is 1.41. The fourth-order valence-corrected chi connectivity index (χ4v) is 3.71. The lowest BCUT2D eigenvalue weighted by Gasteiger charge is -2.21. The molecule has 11 heteroatoms. The lowest BCUT2D eigenvalue weighted by Crippen LogP contribution is -2.35. The zero-order chi connectivity index (χ0) is 18.1. The number of carbonyl (C=O) groups is 1. The number of non-ortho nitro benzene ring substituents is 1. The van der Waals surface area contributed by atoms with Crippen molar-refractivity contribution in [1.29, 1.82) is 0 Å². The van der Waals surface area contributed by atoms with Crippen molar-refractivity contribution in [1.82, 2.24) is 0 Å². The van der Waals surface area contributed by atoms with Gasteiger partial charge in [-0.15, -0.1) is 0 Å². The Labute approximate surface area is 154 Å². The maximum atomic E-state index is 12.1. The van der Waals surface area contributed by atoms with Crippen LogP contribution in [0.2, 0.25) is 0 Å². The predicted octanol–water partition coefficient (Wildman–Crippen LogP) is 2.71. The Hall–Kier alpha value is -1.59. The second-order valence-corrected chi connectivity index (χ2v) is 8.30. The molecule has 2 rings (SSSR count). The van der Waals surface area contributed by atoms with Crippen molar-refractivity contribution in [2.24, 2.45) is 5.16 Å². The first kappa shape index (κ1) is 18.7. The average molecular weight is 482 g/mol. The normalized spacial score (nSPS) is 23.0. The Balaban J connectivity index is 2.32. The Kier molecular flexibility index (Phi) is 5.56. The van der Waals surface area contributed by atoms with E-state index in [-0.39, 0.29) is 17.2 Å². The van der Waals surface area contributed by atoms with Gasteiger partial charge in [0.25, 0.3) is 5.69 Å². The molecule has 1 aliphatic carbocycles. The minimum absolute atomic E-state index is 0.155. The number of hydrogen-bond donors (Lipinski definition) is 0. The first-order valence-corrected chi connectivity index (χ1v) is 9.64. The summed E-state index contributed by atoms with van der Waals surface area (Å²) in [7, 11) is -4.33. The van der Waals surface area contributed by atoms with E-state index in [1.54, 1.807) is 6.92 Å². The lowest BCUT2D eigenvalue weighted by molar-refractivity contribution is -0.385. The quantitative estimate of drug-likeness (QED) is 0.370. The van der Waals surface area contributed by atoms with Gasteiger partial charge in [0.1, 0.15) is 4.90 Å². The molecule has 0 spiro atoms. The van der Waals surface area contributed by atoms with Gasteiger partial charge in [-0.25, -0.2) is 0 Å². The van der Waals surface area contributed by atoms with Crippen molar-refractivity contribution in [3.8, 4) is 0 Å². The van der Waals surface area contributed by atoms with Crippen LogP contribution in [0, 0.1) is 10.1 Å². The number of rotatable bonds is 4. The maximum Gasteiger partial charge on any atom is 0.358 e. The number of hydrogen-bond acceptors (Lipinski definition) is 7. The molecule has 1 aromatic carbocycles. The summed E-state index contributed by atoms with van der Waals surface area (Å²) in [6.45, 7) is 1.57. The standard InChI is InChI=1S/C13H10Br2N2O6S/c1-7-5-10(11(14)12(15)13(7)18)16-23-24(21,22)9-4-2-3-8(6-9)17(19)20/h2-6,11-12H,1H3/b16-10+. The second kappa shape index (κ2) is 7.11. The summed E-state index contributed by atoms with van der Waals surface area (Å²) >= 11 is 6.43. The number of benzene rings is 1. The van der Waals surface area contributed by atoms with E-state index >= 15 is 0 Å². The Bertz CT molecular complexity index is 865. The van der Waals surface area contributed by atoms with Gasteiger partial charge in [0, 0.05) is 12.1 Å². The molecule has 24 heavy (non-hydrogen) atoms. The molecule has 1 aromatic rings. The van der Waals surface area contributed by atoms with Gasteiger partial charge in [-0.1, -0.05) is 43.1 Å². The van der Waals surface area contributed by atoms with E-state index < -0.39 is 29.6 Å². The fourth-order valence-electron chi connectivity index (χ4n) is 1.84. The summed E-state index contributed by atoms with van der Waals surface area (Å²) < 4.78 is 28.9. The highest BCUT2D eigenvalue weighted by atomic mass is 79.9. The molecule has 0 aliphatic heterocycles. The number of carbonyl (C=O) groups excluding carboxylic acids is 1. The summed E-state index contributed by atoms with van der Waals surface area (Å²) in [5.74, 6) is -0.155. The highest BCUT2D eigenvalue weighted by Gasteiger charge is 2.33. The maximum absolute atomic E-state index is 12.1. The van der Waals surface area contributed by atoms with Crippen LogP contribution in [0.15, 0.2) is 46.0 Å². The Morgan fingerprint density at radius 3 is 2.58 bits per heavy atom. The topological polar surface area (TPSA) is 116 Å². The van der Waals surface area contributed by atoms with Gasteiger partial charge < -0.3 is 0 Å². The van der Waals surface area contributed by atoms with Crippen molar-refractivity contribution < 1.29 is 22.4 Å². The highest BCUT2D eigenvalue weighted by Crippen LogP contribution is 2.26. The lowest BCUT2D eigenvalue weighted by atomic mass is 9.98. The van der Waals surface area contributed by atoms with E-state index in [0.717, 1.165) is 18.2 Å². The van der Waals surface area contributed by atoms with Gasteiger partial charge in [0.2, 0.25) is 0 Å². The van der Waals surface area contributed by atoms with Crippen LogP contribution in [-0.2, 0) is 19.2 Å². The molecular weight excluding hydrogens is 472 g/mol. The molecule has 0 aromatic heterocycles. The third-order valence-corrected chi connectivity index (χ3v) is 6.85. The van der Waals surface area contributed by atoms with E-state index in [1.807, 2.05) is 0 Å². The van der Waals surface area contributed by atoms with Crippen LogP contribution in [0.5, 0.6) is 0 Å². The minimum Gasteiger partial charge on any atom is -0.293 e. The Morgan fingerprint density at radius 1 is 1.29 bits per heavy atom. The molecule has 0 N–H and O–H groups in total. The van der Waals surface area contributed by atoms with Crippen molar-refractivity contribution in [2.75, 3.05) is 0 Å². The fraction of sp³-hybridized carbons (Fsp3) is 0.231. The van der Waals surface area contributed by atoms with Crippen LogP contribution in [-0.4, -0.2) is 34.5 Å². The van der Waals surface area contributed by atoms with Crippen molar-refractivity contribution in [2.45, 2.75) is 21.5 Å². The van der Waals surface area contributed by atoms with E-state index in [1.165, 1.54) is 12.1 Å². The number of nitro benzene ring substituents is 1. The molecule has 0 bridgehead atoms.